The van der Waals surface area contributed by atoms with Crippen LogP contribution in [0.1, 0.15) is 22.4 Å². The molecule has 0 saturated carbocycles. The standard InChI is InChI=1S/C29H30F3N5O3S2/c30-29(31,32)19-3-1-5-21(15-19)36-12-9-35(10-13-36)11-14-37-18-34-27-26(28(37)38)24-8-7-23(17-25(24)41-27)42(39,40)22-6-2-4-20(33)16-22/h1-6,15-16,18,23H,7-14,17,33H2. The molecule has 1 fully saturated rings. The molecule has 2 N–H and O–H groups in total. The number of piperazine rings is 1. The van der Waals surface area contributed by atoms with Crippen LogP contribution in [0.4, 0.5) is 24.5 Å². The van der Waals surface area contributed by atoms with Crippen LogP contribution in [0.25, 0.3) is 10.2 Å². The molecular weight excluding hydrogens is 587 g/mol. The fraction of sp³-hybridized carbons (Fsp3) is 0.379. The SMILES string of the molecule is Nc1cccc(S(=O)(=O)C2CCc3c(sc4ncn(CCN5CCN(c6cccc(C(F)(F)F)c6)CC5)c(=O)c34)C2)c1. The largest absolute Gasteiger partial charge is 0.416 e. The third-order valence-electron chi connectivity index (χ3n) is 8.18. The minimum Gasteiger partial charge on any atom is -0.399 e. The number of nitrogen functional groups attached to an aromatic ring is 1. The molecule has 0 radical (unpaired) electrons. The fourth-order valence-corrected chi connectivity index (χ4v) is 8.97. The lowest BCUT2D eigenvalue weighted by Gasteiger charge is -2.36. The molecule has 2 aliphatic rings. The first kappa shape index (κ1) is 28.7. The lowest BCUT2D eigenvalue weighted by Crippen LogP contribution is -2.47. The molecule has 6 rings (SSSR count). The molecule has 1 saturated heterocycles. The van der Waals surface area contributed by atoms with Gasteiger partial charge in [-0.05, 0) is 61.2 Å². The molecule has 0 amide bonds. The van der Waals surface area contributed by atoms with Crippen molar-refractivity contribution in [3.8, 4) is 0 Å². The van der Waals surface area contributed by atoms with E-state index in [1.807, 2.05) is 4.90 Å². The summed E-state index contributed by atoms with van der Waals surface area (Å²) in [5.41, 5.74) is 6.89. The number of fused-ring (bicyclic) bond motifs is 3. The van der Waals surface area contributed by atoms with Crippen LogP contribution in [-0.4, -0.2) is 60.8 Å². The van der Waals surface area contributed by atoms with Crippen molar-refractivity contribution in [3.05, 3.63) is 81.2 Å². The number of aromatic nitrogens is 2. The van der Waals surface area contributed by atoms with Gasteiger partial charge in [-0.15, -0.1) is 11.3 Å². The van der Waals surface area contributed by atoms with E-state index in [0.29, 0.717) is 80.1 Å². The number of hydrogen-bond acceptors (Lipinski definition) is 8. The summed E-state index contributed by atoms with van der Waals surface area (Å²) in [7, 11) is -3.57. The third-order valence-corrected chi connectivity index (χ3v) is 11.5. The average Bonchev–Trinajstić information content (AvgIpc) is 3.35. The number of benzene rings is 2. The highest BCUT2D eigenvalue weighted by atomic mass is 32.2. The predicted molar refractivity (Wildman–Crippen MR) is 158 cm³/mol. The second-order valence-electron chi connectivity index (χ2n) is 10.8. The summed E-state index contributed by atoms with van der Waals surface area (Å²) in [6.45, 7) is 3.55. The molecule has 8 nitrogen and oxygen atoms in total. The Morgan fingerprint density at radius 3 is 2.52 bits per heavy atom. The lowest BCUT2D eigenvalue weighted by molar-refractivity contribution is -0.137. The van der Waals surface area contributed by atoms with E-state index in [2.05, 4.69) is 9.88 Å². The number of rotatable bonds is 6. The van der Waals surface area contributed by atoms with E-state index in [-0.39, 0.29) is 10.5 Å². The summed E-state index contributed by atoms with van der Waals surface area (Å²) in [4.78, 5) is 23.9. The Hall–Kier alpha value is -3.42. The van der Waals surface area contributed by atoms with Gasteiger partial charge in [-0.3, -0.25) is 14.3 Å². The maximum atomic E-state index is 13.5. The van der Waals surface area contributed by atoms with Crippen molar-refractivity contribution >= 4 is 42.8 Å². The van der Waals surface area contributed by atoms with Crippen molar-refractivity contribution in [2.45, 2.75) is 42.1 Å². The smallest absolute Gasteiger partial charge is 0.399 e. The van der Waals surface area contributed by atoms with Crippen molar-refractivity contribution in [2.75, 3.05) is 43.4 Å². The molecule has 13 heteroatoms. The molecular formula is C29H30F3N5O3S2. The van der Waals surface area contributed by atoms with Crippen LogP contribution in [-0.2, 0) is 35.4 Å². The molecule has 2 aromatic heterocycles. The molecule has 4 aromatic rings. The Balaban J connectivity index is 1.12. The minimum atomic E-state index is -4.38. The Kier molecular flexibility index (Phi) is 7.52. The summed E-state index contributed by atoms with van der Waals surface area (Å²) < 4.78 is 67.5. The molecule has 1 atom stereocenters. The first-order valence-electron chi connectivity index (χ1n) is 13.7. The van der Waals surface area contributed by atoms with Gasteiger partial charge >= 0.3 is 6.18 Å². The molecule has 42 heavy (non-hydrogen) atoms. The zero-order chi connectivity index (χ0) is 29.6. The summed E-state index contributed by atoms with van der Waals surface area (Å²) in [5, 5.41) is -0.0108. The van der Waals surface area contributed by atoms with E-state index in [4.69, 9.17) is 5.73 Å². The lowest BCUT2D eigenvalue weighted by atomic mass is 9.97. The second-order valence-corrected chi connectivity index (χ2v) is 14.1. The zero-order valence-corrected chi connectivity index (χ0v) is 24.3. The van der Waals surface area contributed by atoms with Gasteiger partial charge in [-0.2, -0.15) is 13.2 Å². The molecule has 0 bridgehead atoms. The van der Waals surface area contributed by atoms with Crippen molar-refractivity contribution in [1.29, 1.82) is 0 Å². The monoisotopic (exact) mass is 617 g/mol. The molecule has 0 spiro atoms. The van der Waals surface area contributed by atoms with E-state index >= 15 is 0 Å². The maximum Gasteiger partial charge on any atom is 0.416 e. The van der Waals surface area contributed by atoms with Crippen LogP contribution < -0.4 is 16.2 Å². The van der Waals surface area contributed by atoms with Crippen molar-refractivity contribution < 1.29 is 21.6 Å². The van der Waals surface area contributed by atoms with Gasteiger partial charge in [-0.1, -0.05) is 12.1 Å². The Morgan fingerprint density at radius 1 is 1.02 bits per heavy atom. The van der Waals surface area contributed by atoms with Gasteiger partial charge in [0.1, 0.15) is 4.83 Å². The van der Waals surface area contributed by atoms with Crippen LogP contribution in [0.2, 0.25) is 0 Å². The van der Waals surface area contributed by atoms with Gasteiger partial charge in [0.15, 0.2) is 9.84 Å². The number of hydrogen-bond donors (Lipinski definition) is 1. The maximum absolute atomic E-state index is 13.5. The molecule has 1 aliphatic carbocycles. The number of nitrogens with zero attached hydrogens (tertiary/aromatic N) is 4. The number of nitrogens with two attached hydrogens (primary N) is 1. The second kappa shape index (κ2) is 11.0. The Labute approximate surface area is 245 Å². The molecule has 222 valence electrons. The van der Waals surface area contributed by atoms with Gasteiger partial charge in [-0.25, -0.2) is 13.4 Å². The highest BCUT2D eigenvalue weighted by Crippen LogP contribution is 2.37. The van der Waals surface area contributed by atoms with E-state index in [1.165, 1.54) is 29.5 Å². The van der Waals surface area contributed by atoms with Crippen LogP contribution in [0.3, 0.4) is 0 Å². The Bertz CT molecular complexity index is 1790. The summed E-state index contributed by atoms with van der Waals surface area (Å²) >= 11 is 1.39. The van der Waals surface area contributed by atoms with Crippen molar-refractivity contribution in [2.24, 2.45) is 0 Å². The molecule has 3 heterocycles. The van der Waals surface area contributed by atoms with E-state index < -0.39 is 26.8 Å². The number of alkyl halides is 3. The predicted octanol–water partition coefficient (Wildman–Crippen LogP) is 4.21. The van der Waals surface area contributed by atoms with Gasteiger partial charge in [0.25, 0.3) is 5.56 Å². The summed E-state index contributed by atoms with van der Waals surface area (Å²) in [6.07, 6.45) is -1.59. The van der Waals surface area contributed by atoms with E-state index in [1.54, 1.807) is 35.2 Å². The quantitative estimate of drug-likeness (QED) is 0.324. The first-order valence-corrected chi connectivity index (χ1v) is 16.1. The van der Waals surface area contributed by atoms with Crippen LogP contribution in [0.5, 0.6) is 0 Å². The number of anilines is 2. The van der Waals surface area contributed by atoms with Crippen molar-refractivity contribution in [3.63, 3.8) is 0 Å². The number of thiophene rings is 1. The zero-order valence-electron chi connectivity index (χ0n) is 22.7. The van der Waals surface area contributed by atoms with E-state index in [0.717, 1.165) is 16.5 Å². The van der Waals surface area contributed by atoms with Gasteiger partial charge < -0.3 is 10.6 Å². The van der Waals surface area contributed by atoms with Crippen LogP contribution >= 0.6 is 11.3 Å². The van der Waals surface area contributed by atoms with E-state index in [9.17, 15) is 26.4 Å². The van der Waals surface area contributed by atoms with Gasteiger partial charge in [0, 0.05) is 55.5 Å². The number of halogens is 3. The van der Waals surface area contributed by atoms with Crippen LogP contribution in [0, 0.1) is 0 Å². The normalized spacial score (nSPS) is 18.4. The Morgan fingerprint density at radius 2 is 1.79 bits per heavy atom. The molecule has 1 unspecified atom stereocenters. The highest BCUT2D eigenvalue weighted by Gasteiger charge is 2.34. The third kappa shape index (κ3) is 5.52. The van der Waals surface area contributed by atoms with Crippen molar-refractivity contribution in [1.82, 2.24) is 14.5 Å². The van der Waals surface area contributed by atoms with Gasteiger partial charge in [0.2, 0.25) is 0 Å². The molecule has 2 aromatic carbocycles. The van der Waals surface area contributed by atoms with Gasteiger partial charge in [0.05, 0.1) is 27.4 Å². The van der Waals surface area contributed by atoms with Crippen LogP contribution in [0.15, 0.2) is 64.5 Å². The molecule has 1 aliphatic heterocycles. The highest BCUT2D eigenvalue weighted by molar-refractivity contribution is 7.92. The first-order chi connectivity index (χ1) is 20.0. The number of sulfone groups is 1. The summed E-state index contributed by atoms with van der Waals surface area (Å²) in [6, 6.07) is 11.7. The topological polar surface area (TPSA) is 102 Å². The average molecular weight is 618 g/mol. The summed E-state index contributed by atoms with van der Waals surface area (Å²) in [5.74, 6) is 0. The fourth-order valence-electron chi connectivity index (χ4n) is 5.84. The number of aryl methyl sites for hydroxylation is 1. The minimum absolute atomic E-state index is 0.128.